The second kappa shape index (κ2) is 9.13. The van der Waals surface area contributed by atoms with Gasteiger partial charge in [0, 0.05) is 30.9 Å². The average molecular weight is 275 g/mol. The minimum Gasteiger partial charge on any atom is -0.384 e. The molecule has 0 unspecified atom stereocenters. The first-order valence-corrected chi connectivity index (χ1v) is 6.74. The second-order valence-corrected chi connectivity index (χ2v) is 4.35. The van der Waals surface area contributed by atoms with Crippen LogP contribution in [-0.2, 0) is 4.74 Å². The number of carbonyl (C=O) groups is 1. The highest BCUT2D eigenvalue weighted by atomic mass is 16.5. The molecule has 0 atom stereocenters. The molecule has 4 nitrogen and oxygen atoms in total. The van der Waals surface area contributed by atoms with Crippen LogP contribution in [0.15, 0.2) is 18.2 Å². The molecule has 0 heterocycles. The van der Waals surface area contributed by atoms with Gasteiger partial charge >= 0.3 is 0 Å². The third-order valence-electron chi connectivity index (χ3n) is 2.61. The van der Waals surface area contributed by atoms with E-state index in [-0.39, 0.29) is 12.5 Å². The Morgan fingerprint density at radius 1 is 1.40 bits per heavy atom. The number of nitrogens with one attached hydrogen (secondary N) is 1. The number of amides is 1. The number of benzene rings is 1. The standard InChI is InChI=1S/C16H21NO3/c1-3-20-9-5-7-17-16(19)15-11-13(2)10-14(12-15)6-4-8-18/h10-12,18H,3,5,7-9H2,1-2H3,(H,17,19). The lowest BCUT2D eigenvalue weighted by molar-refractivity contribution is 0.0944. The van der Waals surface area contributed by atoms with E-state index in [4.69, 9.17) is 9.84 Å². The molecule has 0 aliphatic carbocycles. The first-order chi connectivity index (χ1) is 9.67. The highest BCUT2D eigenvalue weighted by Gasteiger charge is 2.06. The molecule has 20 heavy (non-hydrogen) atoms. The Morgan fingerprint density at radius 3 is 2.90 bits per heavy atom. The number of aliphatic hydroxyl groups is 1. The van der Waals surface area contributed by atoms with Crippen molar-refractivity contribution in [1.82, 2.24) is 5.32 Å². The van der Waals surface area contributed by atoms with Crippen molar-refractivity contribution in [3.8, 4) is 11.8 Å². The van der Waals surface area contributed by atoms with Crippen molar-refractivity contribution in [2.24, 2.45) is 0 Å². The Labute approximate surface area is 120 Å². The van der Waals surface area contributed by atoms with Crippen LogP contribution in [0.4, 0.5) is 0 Å². The fourth-order valence-corrected chi connectivity index (χ4v) is 1.75. The fourth-order valence-electron chi connectivity index (χ4n) is 1.75. The Balaban J connectivity index is 2.61. The molecule has 0 saturated carbocycles. The van der Waals surface area contributed by atoms with Gasteiger partial charge in [0.2, 0.25) is 0 Å². The van der Waals surface area contributed by atoms with E-state index in [1.54, 1.807) is 6.07 Å². The van der Waals surface area contributed by atoms with Crippen molar-refractivity contribution in [3.63, 3.8) is 0 Å². The molecule has 0 radical (unpaired) electrons. The monoisotopic (exact) mass is 275 g/mol. The molecule has 0 aliphatic heterocycles. The van der Waals surface area contributed by atoms with Gasteiger partial charge in [0.1, 0.15) is 6.61 Å². The number of aliphatic hydroxyl groups excluding tert-OH is 1. The van der Waals surface area contributed by atoms with Crippen LogP contribution in [0.2, 0.25) is 0 Å². The zero-order valence-corrected chi connectivity index (χ0v) is 12.0. The molecule has 0 bridgehead atoms. The summed E-state index contributed by atoms with van der Waals surface area (Å²) >= 11 is 0. The summed E-state index contributed by atoms with van der Waals surface area (Å²) in [5, 5.41) is 11.5. The van der Waals surface area contributed by atoms with Gasteiger partial charge in [-0.25, -0.2) is 0 Å². The van der Waals surface area contributed by atoms with Crippen LogP contribution >= 0.6 is 0 Å². The first-order valence-electron chi connectivity index (χ1n) is 6.74. The second-order valence-electron chi connectivity index (χ2n) is 4.35. The molecule has 0 aliphatic rings. The van der Waals surface area contributed by atoms with Gasteiger partial charge < -0.3 is 15.2 Å². The minimum absolute atomic E-state index is 0.114. The van der Waals surface area contributed by atoms with Gasteiger partial charge in [0.05, 0.1) is 0 Å². The van der Waals surface area contributed by atoms with Crippen LogP contribution in [0.25, 0.3) is 0 Å². The number of ether oxygens (including phenoxy) is 1. The van der Waals surface area contributed by atoms with Crippen LogP contribution in [0, 0.1) is 18.8 Å². The number of carbonyl (C=O) groups excluding carboxylic acids is 1. The molecule has 2 N–H and O–H groups in total. The maximum atomic E-state index is 12.0. The lowest BCUT2D eigenvalue weighted by atomic mass is 10.1. The van der Waals surface area contributed by atoms with Crippen LogP contribution in [-0.4, -0.2) is 37.4 Å². The summed E-state index contributed by atoms with van der Waals surface area (Å²) in [6.07, 6.45) is 0.794. The predicted molar refractivity (Wildman–Crippen MR) is 78.6 cm³/mol. The molecule has 4 heteroatoms. The maximum Gasteiger partial charge on any atom is 0.251 e. The van der Waals surface area contributed by atoms with Gasteiger partial charge in [-0.1, -0.05) is 11.8 Å². The van der Waals surface area contributed by atoms with Crippen molar-refractivity contribution < 1.29 is 14.6 Å². The average Bonchev–Trinajstić information content (AvgIpc) is 2.44. The molecule has 0 fully saturated rings. The van der Waals surface area contributed by atoms with Crippen LogP contribution in [0.5, 0.6) is 0 Å². The van der Waals surface area contributed by atoms with E-state index in [1.807, 2.05) is 26.0 Å². The highest BCUT2D eigenvalue weighted by molar-refractivity contribution is 5.94. The van der Waals surface area contributed by atoms with Crippen molar-refractivity contribution in [2.45, 2.75) is 20.3 Å². The lowest BCUT2D eigenvalue weighted by Gasteiger charge is -2.07. The van der Waals surface area contributed by atoms with E-state index < -0.39 is 0 Å². The van der Waals surface area contributed by atoms with Crippen molar-refractivity contribution in [1.29, 1.82) is 0 Å². The molecular weight excluding hydrogens is 254 g/mol. The third kappa shape index (κ3) is 5.87. The Hall–Kier alpha value is -1.83. The predicted octanol–water partition coefficient (Wildman–Crippen LogP) is 1.50. The van der Waals surface area contributed by atoms with Crippen LogP contribution in [0.3, 0.4) is 0 Å². The normalized spacial score (nSPS) is 9.75. The van der Waals surface area contributed by atoms with Crippen molar-refractivity contribution >= 4 is 5.91 Å². The van der Waals surface area contributed by atoms with E-state index in [0.717, 1.165) is 17.5 Å². The molecule has 1 amide bonds. The van der Waals surface area contributed by atoms with E-state index in [2.05, 4.69) is 17.2 Å². The Bertz CT molecular complexity index is 500. The summed E-state index contributed by atoms with van der Waals surface area (Å²) in [4.78, 5) is 12.0. The largest absolute Gasteiger partial charge is 0.384 e. The molecule has 108 valence electrons. The molecule has 0 saturated heterocycles. The zero-order chi connectivity index (χ0) is 14.8. The summed E-state index contributed by atoms with van der Waals surface area (Å²) in [7, 11) is 0. The number of aryl methyl sites for hydroxylation is 1. The summed E-state index contributed by atoms with van der Waals surface area (Å²) in [5.74, 6) is 5.28. The Kier molecular flexibility index (Phi) is 7.41. The van der Waals surface area contributed by atoms with Gasteiger partial charge in [-0.3, -0.25) is 4.79 Å². The quantitative estimate of drug-likeness (QED) is 0.611. The first kappa shape index (κ1) is 16.2. The topological polar surface area (TPSA) is 58.6 Å². The van der Waals surface area contributed by atoms with E-state index in [9.17, 15) is 4.79 Å². The van der Waals surface area contributed by atoms with Gasteiger partial charge in [0.25, 0.3) is 5.91 Å². The van der Waals surface area contributed by atoms with Crippen LogP contribution in [0.1, 0.15) is 34.8 Å². The minimum atomic E-state index is -0.188. The van der Waals surface area contributed by atoms with E-state index in [0.29, 0.717) is 25.3 Å². The smallest absolute Gasteiger partial charge is 0.251 e. The van der Waals surface area contributed by atoms with Crippen LogP contribution < -0.4 is 5.32 Å². The summed E-state index contributed by atoms with van der Waals surface area (Å²) in [6, 6.07) is 5.43. The zero-order valence-electron chi connectivity index (χ0n) is 12.0. The number of hydrogen-bond acceptors (Lipinski definition) is 3. The van der Waals surface area contributed by atoms with E-state index >= 15 is 0 Å². The number of rotatable bonds is 6. The Morgan fingerprint density at radius 2 is 2.20 bits per heavy atom. The summed E-state index contributed by atoms with van der Waals surface area (Å²) in [6.45, 7) is 5.60. The SMILES string of the molecule is CCOCCCNC(=O)c1cc(C)cc(C#CCO)c1. The molecular formula is C16H21NO3. The molecule has 1 rings (SSSR count). The van der Waals surface area contributed by atoms with Crippen molar-refractivity contribution in [2.75, 3.05) is 26.4 Å². The maximum absolute atomic E-state index is 12.0. The lowest BCUT2D eigenvalue weighted by Crippen LogP contribution is -2.25. The van der Waals surface area contributed by atoms with E-state index in [1.165, 1.54) is 0 Å². The molecule has 1 aromatic carbocycles. The third-order valence-corrected chi connectivity index (χ3v) is 2.61. The fraction of sp³-hybridized carbons (Fsp3) is 0.438. The molecule has 0 aromatic heterocycles. The molecule has 0 spiro atoms. The van der Waals surface area contributed by atoms with Gasteiger partial charge in [-0.05, 0) is 44.0 Å². The van der Waals surface area contributed by atoms with Gasteiger partial charge in [0.15, 0.2) is 0 Å². The summed E-state index contributed by atoms with van der Waals surface area (Å²) < 4.78 is 5.21. The van der Waals surface area contributed by atoms with Gasteiger partial charge in [-0.2, -0.15) is 0 Å². The number of hydrogen-bond donors (Lipinski definition) is 2. The van der Waals surface area contributed by atoms with Crippen molar-refractivity contribution in [3.05, 3.63) is 34.9 Å². The highest BCUT2D eigenvalue weighted by Crippen LogP contribution is 2.09. The van der Waals surface area contributed by atoms with Gasteiger partial charge in [-0.15, -0.1) is 0 Å². The summed E-state index contributed by atoms with van der Waals surface area (Å²) in [5.41, 5.74) is 2.29. The molecule has 1 aromatic rings.